The van der Waals surface area contributed by atoms with Gasteiger partial charge in [0.1, 0.15) is 5.82 Å². The van der Waals surface area contributed by atoms with Crippen molar-refractivity contribution < 1.29 is 9.18 Å². The number of hydrogen-bond donors (Lipinski definition) is 3. The van der Waals surface area contributed by atoms with E-state index in [2.05, 4.69) is 32.0 Å². The molecule has 0 fully saturated rings. The van der Waals surface area contributed by atoms with Crippen LogP contribution in [0.25, 0.3) is 10.9 Å². The van der Waals surface area contributed by atoms with Gasteiger partial charge in [0.2, 0.25) is 5.91 Å². The van der Waals surface area contributed by atoms with Crippen LogP contribution in [0.15, 0.2) is 30.5 Å². The Labute approximate surface area is 206 Å². The molecule has 3 N–H and O–H groups in total. The lowest BCUT2D eigenvalue weighted by atomic mass is 9.91. The number of amides is 1. The molecule has 1 unspecified atom stereocenters. The zero-order valence-electron chi connectivity index (χ0n) is 21.4. The molecule has 0 saturated heterocycles. The molecule has 2 heterocycles. The molecule has 3 aromatic rings. The lowest BCUT2D eigenvalue weighted by molar-refractivity contribution is -0.123. The molecule has 2 aromatic heterocycles. The lowest BCUT2D eigenvalue weighted by Crippen LogP contribution is -2.38. The van der Waals surface area contributed by atoms with Crippen molar-refractivity contribution in [3.8, 4) is 12.3 Å². The summed E-state index contributed by atoms with van der Waals surface area (Å²) in [6, 6.07) is 6.97. The summed E-state index contributed by atoms with van der Waals surface area (Å²) < 4.78 is 16.7. The molecule has 186 valence electrons. The molecule has 1 amide bonds. The van der Waals surface area contributed by atoms with E-state index in [4.69, 9.17) is 6.42 Å². The van der Waals surface area contributed by atoms with Crippen LogP contribution >= 0.6 is 0 Å². The number of hydrogen-bond acceptors (Lipinski definition) is 5. The molecule has 35 heavy (non-hydrogen) atoms. The summed E-state index contributed by atoms with van der Waals surface area (Å²) in [7, 11) is 1.88. The topological polar surface area (TPSA) is 83.9 Å². The quantitative estimate of drug-likeness (QED) is 0.368. The van der Waals surface area contributed by atoms with E-state index in [0.717, 1.165) is 23.0 Å². The third kappa shape index (κ3) is 6.72. The van der Waals surface area contributed by atoms with Crippen molar-refractivity contribution in [1.29, 1.82) is 0 Å². The second kappa shape index (κ2) is 10.8. The minimum atomic E-state index is -0.523. The van der Waals surface area contributed by atoms with Crippen molar-refractivity contribution in [3.05, 3.63) is 41.8 Å². The number of aromatic nitrogens is 3. The maximum absolute atomic E-state index is 14.9. The average Bonchev–Trinajstić information content (AvgIpc) is 3.15. The first-order valence-corrected chi connectivity index (χ1v) is 11.9. The molecule has 0 radical (unpaired) electrons. The standard InChI is InChI=1S/C27H35FN6O/c1-8-18-13-22(28)26(31-17(3)19(9-2)15-29-24(35)14-27(4,5)6)33-25(18)32-21-10-11-23-20(12-21)16-30-34(23)7/h1,10-13,16-17,19H,9,14-15H2,2-7H3,(H,29,35)(H2,31,32,33)/t17?,19-/m1/s1. The number of carbonyl (C=O) groups excluding carboxylic acids is 1. The Morgan fingerprint density at radius 1 is 1.26 bits per heavy atom. The smallest absolute Gasteiger partial charge is 0.220 e. The molecule has 2 atom stereocenters. The minimum absolute atomic E-state index is 0.0166. The van der Waals surface area contributed by atoms with Gasteiger partial charge in [0, 0.05) is 37.1 Å². The molecule has 0 bridgehead atoms. The van der Waals surface area contributed by atoms with Crippen LogP contribution in [-0.2, 0) is 11.8 Å². The second-order valence-electron chi connectivity index (χ2n) is 10.2. The Kier molecular flexibility index (Phi) is 8.00. The number of nitrogens with one attached hydrogen (secondary N) is 3. The van der Waals surface area contributed by atoms with E-state index in [1.165, 1.54) is 6.07 Å². The van der Waals surface area contributed by atoms with E-state index in [1.54, 1.807) is 10.9 Å². The van der Waals surface area contributed by atoms with Gasteiger partial charge in [-0.3, -0.25) is 9.48 Å². The SMILES string of the molecule is C#Cc1cc(F)c(NC(C)[C@H](CC)CNC(=O)CC(C)(C)C)nc1Nc1ccc2c(cnn2C)c1. The highest BCUT2D eigenvalue weighted by atomic mass is 19.1. The molecule has 0 saturated carbocycles. The summed E-state index contributed by atoms with van der Waals surface area (Å²) in [6.45, 7) is 10.6. The molecule has 0 aliphatic carbocycles. The molecule has 1 aromatic carbocycles. The average molecular weight is 479 g/mol. The maximum atomic E-state index is 14.9. The number of nitrogens with zero attached hydrogens (tertiary/aromatic N) is 3. The van der Waals surface area contributed by atoms with Crippen molar-refractivity contribution >= 4 is 34.1 Å². The zero-order chi connectivity index (χ0) is 25.8. The first-order chi connectivity index (χ1) is 16.5. The molecule has 0 aliphatic rings. The number of fused-ring (bicyclic) bond motifs is 1. The highest BCUT2D eigenvalue weighted by Gasteiger charge is 2.21. The van der Waals surface area contributed by atoms with Gasteiger partial charge in [-0.15, -0.1) is 6.42 Å². The third-order valence-electron chi connectivity index (χ3n) is 5.99. The number of rotatable bonds is 9. The minimum Gasteiger partial charge on any atom is -0.365 e. The van der Waals surface area contributed by atoms with Gasteiger partial charge in [-0.2, -0.15) is 5.10 Å². The Hall–Kier alpha value is -3.60. The molecular weight excluding hydrogens is 443 g/mol. The molecular formula is C27H35FN6O. The summed E-state index contributed by atoms with van der Waals surface area (Å²) in [5.74, 6) is 2.59. The fourth-order valence-corrected chi connectivity index (χ4v) is 3.97. The van der Waals surface area contributed by atoms with Gasteiger partial charge in [0.05, 0.1) is 17.3 Å². The summed E-state index contributed by atoms with van der Waals surface area (Å²) in [5, 5.41) is 14.6. The summed E-state index contributed by atoms with van der Waals surface area (Å²) in [4.78, 5) is 16.7. The van der Waals surface area contributed by atoms with Crippen LogP contribution in [0.1, 0.15) is 53.0 Å². The van der Waals surface area contributed by atoms with Crippen molar-refractivity contribution in [3.63, 3.8) is 0 Å². The van der Waals surface area contributed by atoms with Gasteiger partial charge < -0.3 is 16.0 Å². The van der Waals surface area contributed by atoms with E-state index in [9.17, 15) is 9.18 Å². The van der Waals surface area contributed by atoms with Crippen LogP contribution in [0.4, 0.5) is 21.7 Å². The Morgan fingerprint density at radius 3 is 2.66 bits per heavy atom. The number of aryl methyl sites for hydroxylation is 1. The van der Waals surface area contributed by atoms with Gasteiger partial charge in [0.25, 0.3) is 0 Å². The summed E-state index contributed by atoms with van der Waals surface area (Å²) >= 11 is 0. The van der Waals surface area contributed by atoms with E-state index in [1.807, 2.05) is 59.9 Å². The van der Waals surface area contributed by atoms with Crippen LogP contribution in [0.2, 0.25) is 0 Å². The van der Waals surface area contributed by atoms with Crippen LogP contribution in [-0.4, -0.2) is 33.3 Å². The van der Waals surface area contributed by atoms with Gasteiger partial charge in [-0.1, -0.05) is 33.6 Å². The van der Waals surface area contributed by atoms with Crippen LogP contribution in [0.3, 0.4) is 0 Å². The maximum Gasteiger partial charge on any atom is 0.220 e. The van der Waals surface area contributed by atoms with Gasteiger partial charge >= 0.3 is 0 Å². The Bertz CT molecular complexity index is 1240. The van der Waals surface area contributed by atoms with Crippen LogP contribution in [0.5, 0.6) is 0 Å². The normalized spacial score (nSPS) is 13.2. The number of terminal acetylenes is 1. The van der Waals surface area contributed by atoms with Gasteiger partial charge in [0.15, 0.2) is 11.6 Å². The van der Waals surface area contributed by atoms with Crippen molar-refractivity contribution in [2.45, 2.75) is 53.5 Å². The first-order valence-electron chi connectivity index (χ1n) is 11.9. The van der Waals surface area contributed by atoms with E-state index in [0.29, 0.717) is 24.3 Å². The summed E-state index contributed by atoms with van der Waals surface area (Å²) in [6.07, 6.45) is 8.67. The Balaban J connectivity index is 1.75. The van der Waals surface area contributed by atoms with E-state index >= 15 is 0 Å². The summed E-state index contributed by atoms with van der Waals surface area (Å²) in [5.41, 5.74) is 2.02. The molecule has 8 heteroatoms. The Morgan fingerprint density at radius 2 is 2.00 bits per heavy atom. The molecule has 7 nitrogen and oxygen atoms in total. The first kappa shape index (κ1) is 26.0. The number of benzene rings is 1. The largest absolute Gasteiger partial charge is 0.365 e. The highest BCUT2D eigenvalue weighted by molar-refractivity contribution is 5.83. The highest BCUT2D eigenvalue weighted by Crippen LogP contribution is 2.27. The number of pyridine rings is 1. The second-order valence-corrected chi connectivity index (χ2v) is 10.2. The van der Waals surface area contributed by atoms with Crippen LogP contribution < -0.4 is 16.0 Å². The van der Waals surface area contributed by atoms with Crippen molar-refractivity contribution in [1.82, 2.24) is 20.1 Å². The number of halogens is 1. The van der Waals surface area contributed by atoms with E-state index < -0.39 is 5.82 Å². The number of anilines is 3. The van der Waals surface area contributed by atoms with Crippen LogP contribution in [0, 0.1) is 29.5 Å². The fourth-order valence-electron chi connectivity index (χ4n) is 3.97. The van der Waals surface area contributed by atoms with Crippen molar-refractivity contribution in [2.75, 3.05) is 17.2 Å². The fraction of sp³-hybridized carbons (Fsp3) is 0.444. The van der Waals surface area contributed by atoms with Gasteiger partial charge in [-0.05, 0) is 48.9 Å². The van der Waals surface area contributed by atoms with Crippen molar-refractivity contribution in [2.24, 2.45) is 18.4 Å². The predicted molar refractivity (Wildman–Crippen MR) is 140 cm³/mol. The molecule has 0 spiro atoms. The third-order valence-corrected chi connectivity index (χ3v) is 5.99. The monoisotopic (exact) mass is 478 g/mol. The van der Waals surface area contributed by atoms with Gasteiger partial charge in [-0.25, -0.2) is 9.37 Å². The molecule has 0 aliphatic heterocycles. The zero-order valence-corrected chi connectivity index (χ0v) is 21.4. The lowest BCUT2D eigenvalue weighted by Gasteiger charge is -2.26. The molecule has 3 rings (SSSR count). The van der Waals surface area contributed by atoms with E-state index in [-0.39, 0.29) is 29.1 Å². The predicted octanol–water partition coefficient (Wildman–Crippen LogP) is 5.21. The number of carbonyl (C=O) groups is 1.